The van der Waals surface area contributed by atoms with E-state index in [0.29, 0.717) is 5.25 Å². The van der Waals surface area contributed by atoms with Crippen LogP contribution in [0.4, 0.5) is 0 Å². The van der Waals surface area contributed by atoms with E-state index in [4.69, 9.17) is 15.3 Å². The van der Waals surface area contributed by atoms with Crippen LogP contribution in [-0.4, -0.2) is 25.2 Å². The fourth-order valence-corrected chi connectivity index (χ4v) is 4.50. The summed E-state index contributed by atoms with van der Waals surface area (Å²) in [5, 5.41) is 0.485. The van der Waals surface area contributed by atoms with Crippen LogP contribution in [0.5, 0.6) is 11.5 Å². The summed E-state index contributed by atoms with van der Waals surface area (Å²) in [7, 11) is 3.31. The zero-order valence-electron chi connectivity index (χ0n) is 11.1. The largest absolute Gasteiger partial charge is 0.495 e. The van der Waals surface area contributed by atoms with E-state index >= 15 is 0 Å². The van der Waals surface area contributed by atoms with Crippen LogP contribution < -0.4 is 20.7 Å². The van der Waals surface area contributed by atoms with Gasteiger partial charge in [-0.25, -0.2) is 0 Å². The summed E-state index contributed by atoms with van der Waals surface area (Å²) in [6, 6.07) is 4.04. The summed E-state index contributed by atoms with van der Waals surface area (Å²) >= 11 is 5.49. The van der Waals surface area contributed by atoms with E-state index in [9.17, 15) is 0 Å². The molecule has 2 rings (SSSR count). The molecule has 2 unspecified atom stereocenters. The van der Waals surface area contributed by atoms with E-state index in [-0.39, 0.29) is 6.04 Å². The van der Waals surface area contributed by atoms with Crippen LogP contribution in [0.25, 0.3) is 0 Å². The molecule has 106 valence electrons. The normalized spacial score (nSPS) is 20.3. The molecule has 1 saturated heterocycles. The Kier molecular flexibility index (Phi) is 5.38. The highest BCUT2D eigenvalue weighted by molar-refractivity contribution is 9.10. The number of hydrogen-bond acceptors (Lipinski definition) is 5. The number of rotatable bonds is 5. The number of benzene rings is 1. The minimum atomic E-state index is 0.0876. The first-order valence-electron chi connectivity index (χ1n) is 6.21. The molecule has 1 fully saturated rings. The lowest BCUT2D eigenvalue weighted by molar-refractivity contribution is 0.378. The van der Waals surface area contributed by atoms with Gasteiger partial charge in [-0.1, -0.05) is 0 Å². The third-order valence-corrected chi connectivity index (χ3v) is 5.58. The lowest BCUT2D eigenvalue weighted by Gasteiger charge is -2.25. The summed E-state index contributed by atoms with van der Waals surface area (Å²) in [6.45, 7) is 0. The van der Waals surface area contributed by atoms with Crippen molar-refractivity contribution in [2.75, 3.05) is 20.0 Å². The van der Waals surface area contributed by atoms with E-state index in [1.165, 1.54) is 18.6 Å². The second kappa shape index (κ2) is 6.83. The van der Waals surface area contributed by atoms with E-state index in [2.05, 4.69) is 21.4 Å². The molecule has 0 saturated carbocycles. The first kappa shape index (κ1) is 15.0. The first-order valence-corrected chi connectivity index (χ1v) is 8.05. The van der Waals surface area contributed by atoms with Gasteiger partial charge in [0.1, 0.15) is 16.0 Å². The number of hydrogen-bond donors (Lipinski definition) is 2. The van der Waals surface area contributed by atoms with Crippen molar-refractivity contribution >= 4 is 27.7 Å². The average molecular weight is 347 g/mol. The van der Waals surface area contributed by atoms with Crippen LogP contribution in [0.3, 0.4) is 0 Å². The van der Waals surface area contributed by atoms with Crippen LogP contribution in [0, 0.1) is 0 Å². The van der Waals surface area contributed by atoms with Crippen LogP contribution >= 0.6 is 27.7 Å². The molecule has 0 spiro atoms. The summed E-state index contributed by atoms with van der Waals surface area (Å²) in [6.07, 6.45) is 2.42. The van der Waals surface area contributed by atoms with Gasteiger partial charge in [-0.2, -0.15) is 11.8 Å². The molecule has 0 radical (unpaired) electrons. The Labute approximate surface area is 126 Å². The van der Waals surface area contributed by atoms with Crippen molar-refractivity contribution in [3.05, 3.63) is 22.2 Å². The lowest BCUT2D eigenvalue weighted by Crippen LogP contribution is -2.34. The van der Waals surface area contributed by atoms with E-state index in [1.807, 2.05) is 23.9 Å². The Morgan fingerprint density at radius 2 is 2.21 bits per heavy atom. The third kappa shape index (κ3) is 3.02. The Hall–Kier alpha value is -0.430. The molecule has 1 heterocycles. The van der Waals surface area contributed by atoms with Crippen molar-refractivity contribution in [2.24, 2.45) is 5.84 Å². The fourth-order valence-electron chi connectivity index (χ4n) is 2.43. The van der Waals surface area contributed by atoms with Crippen LogP contribution in [0.15, 0.2) is 16.6 Å². The molecule has 0 amide bonds. The van der Waals surface area contributed by atoms with E-state index < -0.39 is 0 Å². The van der Waals surface area contributed by atoms with Gasteiger partial charge in [0.25, 0.3) is 0 Å². The number of nitrogens with two attached hydrogens (primary N) is 1. The first-order chi connectivity index (χ1) is 9.22. The smallest absolute Gasteiger partial charge is 0.141 e. The minimum Gasteiger partial charge on any atom is -0.495 e. The summed E-state index contributed by atoms with van der Waals surface area (Å²) in [4.78, 5) is 0. The number of ether oxygens (including phenoxy) is 2. The van der Waals surface area contributed by atoms with Gasteiger partial charge in [-0.05, 0) is 46.7 Å². The predicted octanol–water partition coefficient (Wildman–Crippen LogP) is 2.87. The SMILES string of the molecule is COc1ccc(C(NN)C2CCCS2)c(OC)c1Br. The number of nitrogens with one attached hydrogen (secondary N) is 1. The van der Waals surface area contributed by atoms with Crippen LogP contribution in [0.2, 0.25) is 0 Å². The fraction of sp³-hybridized carbons (Fsp3) is 0.538. The molecule has 1 aromatic rings. The van der Waals surface area contributed by atoms with Gasteiger partial charge >= 0.3 is 0 Å². The van der Waals surface area contributed by atoms with Crippen molar-refractivity contribution in [1.29, 1.82) is 0 Å². The standard InChI is InChI=1S/C13H19BrN2O2S/c1-17-9-6-5-8(13(18-2)11(9)14)12(16-15)10-4-3-7-19-10/h5-6,10,12,16H,3-4,7,15H2,1-2H3. The molecule has 1 aliphatic rings. The van der Waals surface area contributed by atoms with Gasteiger partial charge in [0.15, 0.2) is 0 Å². The molecular weight excluding hydrogens is 328 g/mol. The number of hydrazine groups is 1. The van der Waals surface area contributed by atoms with Crippen molar-refractivity contribution in [1.82, 2.24) is 5.43 Å². The molecule has 0 aliphatic carbocycles. The zero-order chi connectivity index (χ0) is 13.8. The third-order valence-electron chi connectivity index (χ3n) is 3.37. The molecule has 1 aliphatic heterocycles. The van der Waals surface area contributed by atoms with Crippen molar-refractivity contribution in [3.63, 3.8) is 0 Å². The van der Waals surface area contributed by atoms with Gasteiger partial charge in [-0.3, -0.25) is 11.3 Å². The number of halogens is 1. The molecule has 0 aromatic heterocycles. The van der Waals surface area contributed by atoms with Gasteiger partial charge < -0.3 is 9.47 Å². The summed E-state index contributed by atoms with van der Waals surface area (Å²) < 4.78 is 11.7. The maximum atomic E-state index is 5.76. The molecule has 1 aromatic carbocycles. The molecule has 2 atom stereocenters. The maximum absolute atomic E-state index is 5.76. The lowest BCUT2D eigenvalue weighted by atomic mass is 10.00. The molecule has 0 bridgehead atoms. The average Bonchev–Trinajstić information content (AvgIpc) is 2.94. The Balaban J connectivity index is 2.39. The van der Waals surface area contributed by atoms with Gasteiger partial charge in [0.2, 0.25) is 0 Å². The van der Waals surface area contributed by atoms with Gasteiger partial charge in [-0.15, -0.1) is 0 Å². The van der Waals surface area contributed by atoms with Crippen molar-refractivity contribution in [2.45, 2.75) is 24.1 Å². The Morgan fingerprint density at radius 3 is 2.74 bits per heavy atom. The Bertz CT molecular complexity index is 439. The molecule has 3 N–H and O–H groups in total. The highest BCUT2D eigenvalue weighted by atomic mass is 79.9. The number of thioether (sulfide) groups is 1. The number of methoxy groups -OCH3 is 2. The van der Waals surface area contributed by atoms with E-state index in [0.717, 1.165) is 21.5 Å². The molecule has 4 nitrogen and oxygen atoms in total. The van der Waals surface area contributed by atoms with Crippen molar-refractivity contribution in [3.8, 4) is 11.5 Å². The molecule has 19 heavy (non-hydrogen) atoms. The van der Waals surface area contributed by atoms with Crippen LogP contribution in [0.1, 0.15) is 24.4 Å². The minimum absolute atomic E-state index is 0.0876. The highest BCUT2D eigenvalue weighted by Crippen LogP contribution is 2.44. The van der Waals surface area contributed by atoms with Gasteiger partial charge in [0, 0.05) is 10.8 Å². The topological polar surface area (TPSA) is 56.5 Å². The zero-order valence-corrected chi connectivity index (χ0v) is 13.5. The quantitative estimate of drug-likeness (QED) is 0.634. The highest BCUT2D eigenvalue weighted by Gasteiger charge is 2.29. The van der Waals surface area contributed by atoms with Crippen molar-refractivity contribution < 1.29 is 9.47 Å². The van der Waals surface area contributed by atoms with E-state index in [1.54, 1.807) is 14.2 Å². The Morgan fingerprint density at radius 1 is 1.42 bits per heavy atom. The monoisotopic (exact) mass is 346 g/mol. The summed E-state index contributed by atoms with van der Waals surface area (Å²) in [5.74, 6) is 8.51. The van der Waals surface area contributed by atoms with Gasteiger partial charge in [0.05, 0.1) is 20.3 Å². The molecular formula is C13H19BrN2O2S. The maximum Gasteiger partial charge on any atom is 0.141 e. The second-order valence-corrected chi connectivity index (χ2v) is 6.54. The van der Waals surface area contributed by atoms with Crippen LogP contribution in [-0.2, 0) is 0 Å². The molecule has 6 heteroatoms. The second-order valence-electron chi connectivity index (χ2n) is 4.40. The predicted molar refractivity (Wildman–Crippen MR) is 82.8 cm³/mol. The summed E-state index contributed by atoms with van der Waals surface area (Å²) in [5.41, 5.74) is 4.00.